The summed E-state index contributed by atoms with van der Waals surface area (Å²) in [5, 5.41) is 2.74. The molecule has 0 bridgehead atoms. The van der Waals surface area contributed by atoms with Crippen molar-refractivity contribution in [3.05, 3.63) is 47.8 Å². The summed E-state index contributed by atoms with van der Waals surface area (Å²) in [5.74, 6) is 0.774. The van der Waals surface area contributed by atoms with Gasteiger partial charge in [-0.2, -0.15) is 0 Å². The molecule has 1 amide bonds. The van der Waals surface area contributed by atoms with Gasteiger partial charge in [-0.3, -0.25) is 4.79 Å². The quantitative estimate of drug-likeness (QED) is 0.937. The van der Waals surface area contributed by atoms with Crippen LogP contribution in [-0.4, -0.2) is 35.2 Å². The second kappa shape index (κ2) is 6.53. The number of rotatable bonds is 4. The minimum Gasteiger partial charge on any atom is -0.472 e. The number of hydrogen-bond acceptors (Lipinski definition) is 5. The van der Waals surface area contributed by atoms with Gasteiger partial charge in [0.15, 0.2) is 0 Å². The number of carbonyl (C=O) groups excluding carboxylic acids is 1. The second-order valence-corrected chi connectivity index (χ2v) is 5.16. The van der Waals surface area contributed by atoms with Crippen molar-refractivity contribution in [2.75, 3.05) is 18.5 Å². The van der Waals surface area contributed by atoms with Gasteiger partial charge in [-0.05, 0) is 30.7 Å². The van der Waals surface area contributed by atoms with Gasteiger partial charge in [0, 0.05) is 24.9 Å². The van der Waals surface area contributed by atoms with Crippen LogP contribution in [0.25, 0.3) is 0 Å². The van der Waals surface area contributed by atoms with Crippen LogP contribution in [0.1, 0.15) is 22.3 Å². The van der Waals surface area contributed by atoms with E-state index in [-0.39, 0.29) is 12.0 Å². The molecule has 0 aliphatic carbocycles. The van der Waals surface area contributed by atoms with Crippen LogP contribution in [0.15, 0.2) is 36.7 Å². The topological polar surface area (TPSA) is 73.3 Å². The lowest BCUT2D eigenvalue weighted by atomic mass is 10.2. The maximum atomic E-state index is 12.1. The lowest BCUT2D eigenvalue weighted by Gasteiger charge is -2.11. The van der Waals surface area contributed by atoms with E-state index < -0.39 is 0 Å². The molecule has 1 saturated heterocycles. The molecule has 1 aliphatic rings. The first kappa shape index (κ1) is 14.5. The van der Waals surface area contributed by atoms with Crippen LogP contribution >= 0.6 is 0 Å². The van der Waals surface area contributed by atoms with Gasteiger partial charge in [0.2, 0.25) is 5.88 Å². The molecule has 1 N–H and O–H groups in total. The molecular weight excluding hydrogens is 282 g/mol. The summed E-state index contributed by atoms with van der Waals surface area (Å²) in [6, 6.07) is 7.05. The number of ether oxygens (including phenoxy) is 2. The van der Waals surface area contributed by atoms with Crippen LogP contribution < -0.4 is 10.1 Å². The van der Waals surface area contributed by atoms with Crippen molar-refractivity contribution in [3.63, 3.8) is 0 Å². The standard InChI is InChI=1S/C16H17N3O3/c1-11-4-6-17-14(8-11)19-16(20)12-2-3-15(18-9-12)22-13-5-7-21-10-13/h2-4,6,8-9,13H,5,7,10H2,1H3,(H,17,19,20). The molecule has 6 heteroatoms. The van der Waals surface area contributed by atoms with Crippen molar-refractivity contribution in [1.29, 1.82) is 0 Å². The van der Waals surface area contributed by atoms with Crippen molar-refractivity contribution < 1.29 is 14.3 Å². The van der Waals surface area contributed by atoms with Crippen molar-refractivity contribution in [2.24, 2.45) is 0 Å². The minimum absolute atomic E-state index is 0.0451. The molecule has 1 atom stereocenters. The summed E-state index contributed by atoms with van der Waals surface area (Å²) in [6.45, 7) is 3.25. The van der Waals surface area contributed by atoms with Crippen LogP contribution in [0.2, 0.25) is 0 Å². The van der Waals surface area contributed by atoms with E-state index in [9.17, 15) is 4.79 Å². The molecule has 1 aliphatic heterocycles. The average Bonchev–Trinajstić information content (AvgIpc) is 3.01. The molecule has 2 aromatic rings. The summed E-state index contributed by atoms with van der Waals surface area (Å²) >= 11 is 0. The fraction of sp³-hybridized carbons (Fsp3) is 0.312. The lowest BCUT2D eigenvalue weighted by molar-refractivity contribution is 0.102. The van der Waals surface area contributed by atoms with Crippen molar-refractivity contribution in [3.8, 4) is 5.88 Å². The third kappa shape index (κ3) is 3.59. The molecule has 6 nitrogen and oxygen atoms in total. The SMILES string of the molecule is Cc1ccnc(NC(=O)c2ccc(OC3CCOC3)nc2)c1. The third-order valence-electron chi connectivity index (χ3n) is 3.33. The van der Waals surface area contributed by atoms with E-state index in [2.05, 4.69) is 15.3 Å². The number of anilines is 1. The molecule has 0 spiro atoms. The van der Waals surface area contributed by atoms with Gasteiger partial charge in [0.1, 0.15) is 11.9 Å². The molecule has 0 aromatic carbocycles. The largest absolute Gasteiger partial charge is 0.472 e. The van der Waals surface area contributed by atoms with Crippen LogP contribution in [0.4, 0.5) is 5.82 Å². The van der Waals surface area contributed by atoms with Gasteiger partial charge >= 0.3 is 0 Å². The van der Waals surface area contributed by atoms with Gasteiger partial charge in [-0.15, -0.1) is 0 Å². The zero-order chi connectivity index (χ0) is 15.4. The summed E-state index contributed by atoms with van der Waals surface area (Å²) < 4.78 is 10.9. The van der Waals surface area contributed by atoms with Crippen LogP contribution in [0.5, 0.6) is 5.88 Å². The average molecular weight is 299 g/mol. The first-order chi connectivity index (χ1) is 10.7. The highest BCUT2D eigenvalue weighted by Crippen LogP contribution is 2.15. The number of pyridine rings is 2. The van der Waals surface area contributed by atoms with Gasteiger partial charge in [0.25, 0.3) is 5.91 Å². The highest BCUT2D eigenvalue weighted by molar-refractivity contribution is 6.03. The lowest BCUT2D eigenvalue weighted by Crippen LogP contribution is -2.17. The van der Waals surface area contributed by atoms with Gasteiger partial charge in [-0.1, -0.05) is 0 Å². The van der Waals surface area contributed by atoms with Crippen molar-refractivity contribution in [2.45, 2.75) is 19.4 Å². The molecular formula is C16H17N3O3. The number of aryl methyl sites for hydroxylation is 1. The van der Waals surface area contributed by atoms with Gasteiger partial charge in [0.05, 0.1) is 18.8 Å². The molecule has 114 valence electrons. The summed E-state index contributed by atoms with van der Waals surface area (Å²) in [5.41, 5.74) is 1.49. The van der Waals surface area contributed by atoms with E-state index in [0.29, 0.717) is 30.5 Å². The van der Waals surface area contributed by atoms with E-state index in [1.165, 1.54) is 6.20 Å². The van der Waals surface area contributed by atoms with Crippen LogP contribution in [0, 0.1) is 6.92 Å². The Bertz CT molecular complexity index is 652. The Kier molecular flexibility index (Phi) is 4.29. The van der Waals surface area contributed by atoms with E-state index in [1.807, 2.05) is 19.1 Å². The van der Waals surface area contributed by atoms with Crippen molar-refractivity contribution >= 4 is 11.7 Å². The number of aromatic nitrogens is 2. The summed E-state index contributed by atoms with van der Waals surface area (Å²) in [4.78, 5) is 20.4. The molecule has 1 unspecified atom stereocenters. The Morgan fingerprint density at radius 3 is 2.95 bits per heavy atom. The zero-order valence-corrected chi connectivity index (χ0v) is 12.3. The maximum Gasteiger partial charge on any atom is 0.258 e. The molecule has 22 heavy (non-hydrogen) atoms. The zero-order valence-electron chi connectivity index (χ0n) is 12.3. The Labute approximate surface area is 128 Å². The highest BCUT2D eigenvalue weighted by atomic mass is 16.5. The monoisotopic (exact) mass is 299 g/mol. The predicted molar refractivity (Wildman–Crippen MR) is 81.0 cm³/mol. The Morgan fingerprint density at radius 2 is 2.27 bits per heavy atom. The minimum atomic E-state index is -0.249. The number of nitrogens with one attached hydrogen (secondary N) is 1. The van der Waals surface area contributed by atoms with Gasteiger partial charge < -0.3 is 14.8 Å². The molecule has 3 rings (SSSR count). The predicted octanol–water partition coefficient (Wildman–Crippen LogP) is 2.21. The Morgan fingerprint density at radius 1 is 1.36 bits per heavy atom. The highest BCUT2D eigenvalue weighted by Gasteiger charge is 2.17. The number of hydrogen-bond donors (Lipinski definition) is 1. The normalized spacial score (nSPS) is 17.2. The third-order valence-corrected chi connectivity index (χ3v) is 3.33. The fourth-order valence-corrected chi connectivity index (χ4v) is 2.15. The van der Waals surface area contributed by atoms with Crippen LogP contribution in [-0.2, 0) is 4.74 Å². The first-order valence-electron chi connectivity index (χ1n) is 7.15. The fourth-order valence-electron chi connectivity index (χ4n) is 2.15. The Balaban J connectivity index is 1.63. The molecule has 0 saturated carbocycles. The number of nitrogens with zero attached hydrogens (tertiary/aromatic N) is 2. The molecule has 2 aromatic heterocycles. The van der Waals surface area contributed by atoms with E-state index in [4.69, 9.17) is 9.47 Å². The first-order valence-corrected chi connectivity index (χ1v) is 7.15. The second-order valence-electron chi connectivity index (χ2n) is 5.16. The van der Waals surface area contributed by atoms with E-state index >= 15 is 0 Å². The molecule has 0 radical (unpaired) electrons. The smallest absolute Gasteiger partial charge is 0.258 e. The summed E-state index contributed by atoms with van der Waals surface area (Å²) in [7, 11) is 0. The van der Waals surface area contributed by atoms with Crippen molar-refractivity contribution in [1.82, 2.24) is 9.97 Å². The van der Waals surface area contributed by atoms with Gasteiger partial charge in [-0.25, -0.2) is 9.97 Å². The molecule has 3 heterocycles. The van der Waals surface area contributed by atoms with Crippen LogP contribution in [0.3, 0.4) is 0 Å². The van der Waals surface area contributed by atoms with E-state index in [0.717, 1.165) is 12.0 Å². The Hall–Kier alpha value is -2.47. The molecule has 1 fully saturated rings. The summed E-state index contributed by atoms with van der Waals surface area (Å²) in [6.07, 6.45) is 4.06. The maximum absolute atomic E-state index is 12.1. The van der Waals surface area contributed by atoms with E-state index in [1.54, 1.807) is 18.3 Å². The number of amides is 1. The number of carbonyl (C=O) groups is 1.